The van der Waals surface area contributed by atoms with Gasteiger partial charge in [0.1, 0.15) is 0 Å². The fourth-order valence-electron chi connectivity index (χ4n) is 1.92. The van der Waals surface area contributed by atoms with Crippen molar-refractivity contribution in [1.82, 2.24) is 0 Å². The smallest absolute Gasteiger partial charge is 0.0378 e. The van der Waals surface area contributed by atoms with Crippen LogP contribution in [0.3, 0.4) is 0 Å². The molecule has 0 N–H and O–H groups in total. The van der Waals surface area contributed by atoms with Crippen molar-refractivity contribution in [3.63, 3.8) is 0 Å². The van der Waals surface area contributed by atoms with Gasteiger partial charge in [-0.1, -0.05) is 80.0 Å². The van der Waals surface area contributed by atoms with E-state index in [1.807, 2.05) is 11.8 Å². The molecule has 2 aromatic rings. The first-order valence-corrected chi connectivity index (χ1v) is 8.88. The van der Waals surface area contributed by atoms with E-state index in [4.69, 9.17) is 0 Å². The highest BCUT2D eigenvalue weighted by Crippen LogP contribution is 2.39. The Morgan fingerprint density at radius 2 is 1.11 bits per heavy atom. The average molecular weight is 400 g/mol. The molecule has 0 spiro atoms. The standard InChI is InChI=1S/C16H16Br2S/c1-11(17)13-7-3-5-9-15(13)19-16-10-6-4-8-14(16)12(2)18/h3-12H,1-2H3. The van der Waals surface area contributed by atoms with E-state index in [2.05, 4.69) is 94.2 Å². The van der Waals surface area contributed by atoms with Gasteiger partial charge in [0.15, 0.2) is 0 Å². The summed E-state index contributed by atoms with van der Waals surface area (Å²) in [5.41, 5.74) is 2.68. The largest absolute Gasteiger partial charge is 0.0894 e. The molecule has 2 rings (SSSR count). The molecule has 0 aliphatic carbocycles. The van der Waals surface area contributed by atoms with Crippen LogP contribution in [-0.4, -0.2) is 0 Å². The van der Waals surface area contributed by atoms with E-state index < -0.39 is 0 Å². The first-order chi connectivity index (χ1) is 9.09. The number of hydrogen-bond donors (Lipinski definition) is 0. The minimum absolute atomic E-state index is 0.366. The lowest BCUT2D eigenvalue weighted by atomic mass is 10.2. The van der Waals surface area contributed by atoms with E-state index in [0.717, 1.165) is 0 Å². The summed E-state index contributed by atoms with van der Waals surface area (Å²) in [6.07, 6.45) is 0. The van der Waals surface area contributed by atoms with Crippen LogP contribution in [0.5, 0.6) is 0 Å². The van der Waals surface area contributed by atoms with Gasteiger partial charge in [-0.3, -0.25) is 0 Å². The number of alkyl halides is 2. The number of hydrogen-bond acceptors (Lipinski definition) is 1. The first-order valence-electron chi connectivity index (χ1n) is 6.23. The number of rotatable bonds is 4. The van der Waals surface area contributed by atoms with Crippen molar-refractivity contribution in [3.05, 3.63) is 59.7 Å². The summed E-state index contributed by atoms with van der Waals surface area (Å²) in [6, 6.07) is 17.1. The van der Waals surface area contributed by atoms with Crippen LogP contribution in [0.1, 0.15) is 34.6 Å². The van der Waals surface area contributed by atoms with Gasteiger partial charge >= 0.3 is 0 Å². The molecule has 0 radical (unpaired) electrons. The summed E-state index contributed by atoms with van der Waals surface area (Å²) in [5, 5.41) is 0. The van der Waals surface area contributed by atoms with Crippen molar-refractivity contribution in [2.45, 2.75) is 33.3 Å². The van der Waals surface area contributed by atoms with Gasteiger partial charge in [0, 0.05) is 19.4 Å². The minimum atomic E-state index is 0.366. The Morgan fingerprint density at radius 3 is 1.47 bits per heavy atom. The predicted octanol–water partition coefficient (Wildman–Crippen LogP) is 6.75. The third-order valence-electron chi connectivity index (χ3n) is 2.92. The molecule has 0 heterocycles. The molecule has 0 fully saturated rings. The van der Waals surface area contributed by atoms with Gasteiger partial charge in [-0.05, 0) is 37.1 Å². The minimum Gasteiger partial charge on any atom is -0.0894 e. The third kappa shape index (κ3) is 3.87. The van der Waals surface area contributed by atoms with E-state index in [1.54, 1.807) is 0 Å². The van der Waals surface area contributed by atoms with Crippen LogP contribution in [0.25, 0.3) is 0 Å². The molecular formula is C16H16Br2S. The zero-order chi connectivity index (χ0) is 13.8. The molecule has 2 aromatic carbocycles. The van der Waals surface area contributed by atoms with Gasteiger partial charge in [-0.2, -0.15) is 0 Å². The number of benzene rings is 2. The maximum atomic E-state index is 3.67. The Hall–Kier alpha value is -0.250. The second-order valence-electron chi connectivity index (χ2n) is 4.41. The quantitative estimate of drug-likeness (QED) is 0.512. The molecule has 0 aliphatic heterocycles. The van der Waals surface area contributed by atoms with Crippen LogP contribution in [0.2, 0.25) is 0 Å². The zero-order valence-electron chi connectivity index (χ0n) is 10.9. The Kier molecular flexibility index (Phi) is 5.55. The highest BCUT2D eigenvalue weighted by Gasteiger charge is 2.12. The van der Waals surface area contributed by atoms with Crippen molar-refractivity contribution >= 4 is 43.6 Å². The van der Waals surface area contributed by atoms with Crippen molar-refractivity contribution in [1.29, 1.82) is 0 Å². The van der Waals surface area contributed by atoms with Gasteiger partial charge in [-0.25, -0.2) is 0 Å². The van der Waals surface area contributed by atoms with Crippen molar-refractivity contribution in [3.8, 4) is 0 Å². The predicted molar refractivity (Wildman–Crippen MR) is 91.7 cm³/mol. The van der Waals surface area contributed by atoms with Crippen LogP contribution in [0.4, 0.5) is 0 Å². The van der Waals surface area contributed by atoms with E-state index in [-0.39, 0.29) is 0 Å². The summed E-state index contributed by atoms with van der Waals surface area (Å²) in [6.45, 7) is 4.33. The van der Waals surface area contributed by atoms with E-state index >= 15 is 0 Å². The Morgan fingerprint density at radius 1 is 0.737 bits per heavy atom. The second-order valence-corrected chi connectivity index (χ2v) is 8.24. The van der Waals surface area contributed by atoms with Gasteiger partial charge < -0.3 is 0 Å². The lowest BCUT2D eigenvalue weighted by molar-refractivity contribution is 1.05. The summed E-state index contributed by atoms with van der Waals surface area (Å²) >= 11 is 9.18. The molecule has 0 saturated heterocycles. The summed E-state index contributed by atoms with van der Waals surface area (Å²) in [7, 11) is 0. The van der Waals surface area contributed by atoms with Gasteiger partial charge in [0.25, 0.3) is 0 Å². The molecule has 2 unspecified atom stereocenters. The molecule has 3 heteroatoms. The molecular weight excluding hydrogens is 384 g/mol. The van der Waals surface area contributed by atoms with Crippen LogP contribution < -0.4 is 0 Å². The van der Waals surface area contributed by atoms with Crippen molar-refractivity contribution in [2.75, 3.05) is 0 Å². The molecule has 0 amide bonds. The molecule has 0 bridgehead atoms. The number of halogens is 2. The lowest BCUT2D eigenvalue weighted by Crippen LogP contribution is -1.91. The average Bonchev–Trinajstić information content (AvgIpc) is 2.39. The fraction of sp³-hybridized carbons (Fsp3) is 0.250. The molecule has 0 aliphatic rings. The van der Waals surface area contributed by atoms with Gasteiger partial charge in [0.05, 0.1) is 0 Å². The third-order valence-corrected chi connectivity index (χ3v) is 5.08. The van der Waals surface area contributed by atoms with Gasteiger partial charge in [0.2, 0.25) is 0 Å². The first kappa shape index (κ1) is 15.1. The molecule has 0 nitrogen and oxygen atoms in total. The van der Waals surface area contributed by atoms with E-state index in [9.17, 15) is 0 Å². The SMILES string of the molecule is CC(Br)c1ccccc1Sc1ccccc1C(C)Br. The van der Waals surface area contributed by atoms with Crippen LogP contribution >= 0.6 is 43.6 Å². The highest BCUT2D eigenvalue weighted by molar-refractivity contribution is 9.09. The maximum absolute atomic E-state index is 3.67. The zero-order valence-corrected chi connectivity index (χ0v) is 14.9. The van der Waals surface area contributed by atoms with Crippen molar-refractivity contribution < 1.29 is 0 Å². The van der Waals surface area contributed by atoms with Crippen LogP contribution in [0.15, 0.2) is 58.3 Å². The molecule has 100 valence electrons. The Bertz CT molecular complexity index is 500. The normalized spacial score (nSPS) is 14.1. The summed E-state index contributed by atoms with van der Waals surface area (Å²) in [4.78, 5) is 3.36. The second kappa shape index (κ2) is 6.96. The monoisotopic (exact) mass is 398 g/mol. The molecule has 0 aromatic heterocycles. The topological polar surface area (TPSA) is 0 Å². The maximum Gasteiger partial charge on any atom is 0.0378 e. The van der Waals surface area contributed by atoms with Gasteiger partial charge in [-0.15, -0.1) is 0 Å². The summed E-state index contributed by atoms with van der Waals surface area (Å²) < 4.78 is 0. The highest BCUT2D eigenvalue weighted by atomic mass is 79.9. The fourth-order valence-corrected chi connectivity index (χ4v) is 4.28. The van der Waals surface area contributed by atoms with E-state index in [0.29, 0.717) is 9.65 Å². The Balaban J connectivity index is 2.37. The van der Waals surface area contributed by atoms with Crippen LogP contribution in [-0.2, 0) is 0 Å². The molecule has 19 heavy (non-hydrogen) atoms. The lowest BCUT2D eigenvalue weighted by Gasteiger charge is -2.14. The molecule has 2 atom stereocenters. The summed E-state index contributed by atoms with van der Waals surface area (Å²) in [5.74, 6) is 0. The van der Waals surface area contributed by atoms with E-state index in [1.165, 1.54) is 20.9 Å². The molecule has 0 saturated carbocycles. The van der Waals surface area contributed by atoms with Crippen LogP contribution in [0, 0.1) is 0 Å². The van der Waals surface area contributed by atoms with Crippen molar-refractivity contribution in [2.24, 2.45) is 0 Å². The Labute approximate surface area is 136 Å².